The van der Waals surface area contributed by atoms with E-state index in [9.17, 15) is 13.6 Å². The van der Waals surface area contributed by atoms with Crippen LogP contribution in [0.25, 0.3) is 0 Å². The Morgan fingerprint density at radius 2 is 1.79 bits per heavy atom. The number of hydrogen-bond acceptors (Lipinski definition) is 4. The fourth-order valence-electron chi connectivity index (χ4n) is 2.10. The topological polar surface area (TPSA) is 42.4 Å². The molecule has 2 aromatic rings. The predicted molar refractivity (Wildman–Crippen MR) is 91.0 cm³/mol. The fraction of sp³-hybridized carbons (Fsp3) is 0.235. The van der Waals surface area contributed by atoms with Gasteiger partial charge in [-0.25, -0.2) is 14.2 Å². The zero-order valence-corrected chi connectivity index (χ0v) is 14.2. The molecule has 0 unspecified atom stereocenters. The minimum Gasteiger partial charge on any atom is -0.394 e. The highest BCUT2D eigenvalue weighted by molar-refractivity contribution is 7.80. The molecule has 0 N–H and O–H groups in total. The fourth-order valence-corrected chi connectivity index (χ4v) is 2.50. The van der Waals surface area contributed by atoms with Crippen LogP contribution in [0.2, 0.25) is 0 Å². The number of rotatable bonds is 3. The highest BCUT2D eigenvalue weighted by Gasteiger charge is 2.22. The van der Waals surface area contributed by atoms with E-state index >= 15 is 0 Å². The van der Waals surface area contributed by atoms with Gasteiger partial charge >= 0.3 is 5.97 Å². The molecule has 0 saturated carbocycles. The zero-order valence-electron chi connectivity index (χ0n) is 13.4. The molecule has 0 spiro atoms. The molecule has 0 radical (unpaired) electrons. The molecule has 0 fully saturated rings. The number of carbonyl (C=O) groups is 1. The average Bonchev–Trinajstić information content (AvgIpc) is 2.51. The first-order valence-electron chi connectivity index (χ1n) is 7.23. The summed E-state index contributed by atoms with van der Waals surface area (Å²) >= 11 is 5.19. The third kappa shape index (κ3) is 4.11. The Kier molecular flexibility index (Phi) is 5.56. The summed E-state index contributed by atoms with van der Waals surface area (Å²) in [7, 11) is 0. The van der Waals surface area contributed by atoms with E-state index in [1.54, 1.807) is 11.8 Å². The van der Waals surface area contributed by atoms with Gasteiger partial charge in [0.1, 0.15) is 5.82 Å². The van der Waals surface area contributed by atoms with E-state index in [-0.39, 0.29) is 22.7 Å². The molecule has 7 heteroatoms. The van der Waals surface area contributed by atoms with Crippen molar-refractivity contribution in [3.63, 3.8) is 0 Å². The number of anilines is 1. The summed E-state index contributed by atoms with van der Waals surface area (Å²) in [5, 5.41) is -0.118. The van der Waals surface area contributed by atoms with Crippen LogP contribution in [-0.4, -0.2) is 22.2 Å². The van der Waals surface area contributed by atoms with E-state index in [1.807, 2.05) is 13.8 Å². The molecule has 0 aliphatic heterocycles. The van der Waals surface area contributed by atoms with Crippen molar-refractivity contribution < 1.29 is 18.3 Å². The Labute approximate surface area is 144 Å². The van der Waals surface area contributed by atoms with Crippen LogP contribution in [0, 0.1) is 18.7 Å². The molecule has 0 amide bonds. The van der Waals surface area contributed by atoms with Crippen LogP contribution >= 0.6 is 12.2 Å². The summed E-state index contributed by atoms with van der Waals surface area (Å²) in [6.07, 6.45) is 0. The number of ether oxygens (including phenoxy) is 1. The van der Waals surface area contributed by atoms with E-state index in [4.69, 9.17) is 17.0 Å². The Morgan fingerprint density at radius 3 is 2.38 bits per heavy atom. The van der Waals surface area contributed by atoms with Gasteiger partial charge in [-0.3, -0.25) is 0 Å². The Morgan fingerprint density at radius 1 is 1.17 bits per heavy atom. The van der Waals surface area contributed by atoms with E-state index in [2.05, 4.69) is 4.98 Å². The number of hydrogen-bond donors (Lipinski definition) is 0. The lowest BCUT2D eigenvalue weighted by Crippen LogP contribution is -2.38. The normalized spacial score (nSPS) is 10.6. The van der Waals surface area contributed by atoms with Crippen molar-refractivity contribution in [2.75, 3.05) is 4.90 Å². The molecule has 1 aromatic heterocycles. The first-order valence-corrected chi connectivity index (χ1v) is 7.64. The second-order valence-corrected chi connectivity index (χ2v) is 5.74. The molecule has 0 bridgehead atoms. The number of esters is 1. The first-order chi connectivity index (χ1) is 11.3. The Hall–Kier alpha value is -2.41. The van der Waals surface area contributed by atoms with Gasteiger partial charge in [0.05, 0.1) is 0 Å². The molecular formula is C17H16F2N2O2S. The summed E-state index contributed by atoms with van der Waals surface area (Å²) in [6, 6.07) is 8.08. The summed E-state index contributed by atoms with van der Waals surface area (Å²) in [5.41, 5.74) is 0.912. The van der Waals surface area contributed by atoms with Crippen molar-refractivity contribution in [2.24, 2.45) is 0 Å². The van der Waals surface area contributed by atoms with Crippen LogP contribution in [0.3, 0.4) is 0 Å². The molecule has 1 aromatic carbocycles. The Balaban J connectivity index is 2.23. The van der Waals surface area contributed by atoms with E-state index in [1.165, 1.54) is 30.3 Å². The summed E-state index contributed by atoms with van der Waals surface area (Å²) < 4.78 is 31.5. The SMILES string of the molecule is Cc1ccc(F)nc1C(=O)OC(=S)N(c1ccc(F)cc1)C(C)C. The van der Waals surface area contributed by atoms with Gasteiger partial charge in [-0.05, 0) is 68.9 Å². The first kappa shape index (κ1) is 17.9. The minimum absolute atomic E-state index is 0.118. The predicted octanol–water partition coefficient (Wildman–Crippen LogP) is 4.02. The summed E-state index contributed by atoms with van der Waals surface area (Å²) in [4.78, 5) is 17.3. The van der Waals surface area contributed by atoms with Crippen molar-refractivity contribution >= 4 is 29.0 Å². The number of thiocarbonyl (C=S) groups is 1. The molecule has 0 aliphatic rings. The summed E-state index contributed by atoms with van der Waals surface area (Å²) in [5.74, 6) is -2.01. The van der Waals surface area contributed by atoms with Crippen molar-refractivity contribution in [1.82, 2.24) is 4.98 Å². The van der Waals surface area contributed by atoms with Crippen molar-refractivity contribution in [1.29, 1.82) is 0 Å². The quantitative estimate of drug-likeness (QED) is 0.475. The van der Waals surface area contributed by atoms with Crippen molar-refractivity contribution in [3.8, 4) is 0 Å². The molecular weight excluding hydrogens is 334 g/mol. The van der Waals surface area contributed by atoms with E-state index in [0.29, 0.717) is 11.3 Å². The maximum atomic E-state index is 13.2. The average molecular weight is 350 g/mol. The zero-order chi connectivity index (χ0) is 17.9. The van der Waals surface area contributed by atoms with Gasteiger partial charge in [-0.1, -0.05) is 6.07 Å². The lowest BCUT2D eigenvalue weighted by molar-refractivity contribution is 0.0709. The molecule has 0 atom stereocenters. The van der Waals surface area contributed by atoms with Gasteiger partial charge in [0, 0.05) is 11.7 Å². The third-order valence-electron chi connectivity index (χ3n) is 3.25. The number of benzene rings is 1. The van der Waals surface area contributed by atoms with Gasteiger partial charge in [0.25, 0.3) is 5.17 Å². The van der Waals surface area contributed by atoms with Crippen LogP contribution < -0.4 is 4.90 Å². The molecule has 0 saturated heterocycles. The summed E-state index contributed by atoms with van der Waals surface area (Å²) in [6.45, 7) is 5.30. The number of pyridine rings is 1. The third-order valence-corrected chi connectivity index (χ3v) is 3.53. The van der Waals surface area contributed by atoms with Crippen LogP contribution in [0.5, 0.6) is 0 Å². The lowest BCUT2D eigenvalue weighted by atomic mass is 10.2. The maximum Gasteiger partial charge on any atom is 0.364 e. The molecule has 0 aliphatic carbocycles. The molecule has 1 heterocycles. The van der Waals surface area contributed by atoms with E-state index in [0.717, 1.165) is 6.07 Å². The molecule has 126 valence electrons. The minimum atomic E-state index is -0.843. The highest BCUT2D eigenvalue weighted by Crippen LogP contribution is 2.20. The van der Waals surface area contributed by atoms with Gasteiger partial charge in [-0.15, -0.1) is 0 Å². The molecule has 2 rings (SSSR count). The highest BCUT2D eigenvalue weighted by atomic mass is 32.1. The van der Waals surface area contributed by atoms with Gasteiger partial charge in [-0.2, -0.15) is 4.39 Å². The monoisotopic (exact) mass is 350 g/mol. The van der Waals surface area contributed by atoms with Crippen LogP contribution in [-0.2, 0) is 4.74 Å². The number of aryl methyl sites for hydroxylation is 1. The van der Waals surface area contributed by atoms with Crippen molar-refractivity contribution in [3.05, 3.63) is 59.4 Å². The van der Waals surface area contributed by atoms with Gasteiger partial charge in [0.2, 0.25) is 5.95 Å². The Bertz CT molecular complexity index is 764. The standard InChI is InChI=1S/C17H16F2N2O2S/c1-10(2)21(13-7-5-12(18)6-8-13)17(24)23-16(22)15-11(3)4-9-14(19)20-15/h4-10H,1-3H3. The van der Waals surface area contributed by atoms with Crippen LogP contribution in [0.4, 0.5) is 14.5 Å². The molecule has 24 heavy (non-hydrogen) atoms. The smallest absolute Gasteiger partial charge is 0.364 e. The van der Waals surface area contributed by atoms with Gasteiger partial charge in [0.15, 0.2) is 5.69 Å². The second kappa shape index (κ2) is 7.44. The van der Waals surface area contributed by atoms with Crippen LogP contribution in [0.15, 0.2) is 36.4 Å². The second-order valence-electron chi connectivity index (χ2n) is 5.40. The van der Waals surface area contributed by atoms with Gasteiger partial charge < -0.3 is 9.64 Å². The number of carbonyl (C=O) groups excluding carboxylic acids is 1. The largest absolute Gasteiger partial charge is 0.394 e. The van der Waals surface area contributed by atoms with E-state index < -0.39 is 11.9 Å². The lowest BCUT2D eigenvalue weighted by Gasteiger charge is -2.28. The number of nitrogens with zero attached hydrogens (tertiary/aromatic N) is 2. The molecule has 4 nitrogen and oxygen atoms in total. The van der Waals surface area contributed by atoms with Crippen LogP contribution in [0.1, 0.15) is 29.9 Å². The maximum absolute atomic E-state index is 13.2. The number of halogens is 2. The number of aromatic nitrogens is 1. The van der Waals surface area contributed by atoms with Crippen molar-refractivity contribution in [2.45, 2.75) is 26.8 Å².